The molecule has 0 fully saturated rings. The van der Waals surface area contributed by atoms with E-state index in [4.69, 9.17) is 11.0 Å². The number of amides is 2. The molecule has 0 atom stereocenters. The van der Waals surface area contributed by atoms with Gasteiger partial charge in [0.1, 0.15) is 6.07 Å². The summed E-state index contributed by atoms with van der Waals surface area (Å²) in [6, 6.07) is 5.44. The molecule has 2 amide bonds. The van der Waals surface area contributed by atoms with E-state index in [1.807, 2.05) is 0 Å². The van der Waals surface area contributed by atoms with Gasteiger partial charge in [0.15, 0.2) is 0 Å². The van der Waals surface area contributed by atoms with Crippen LogP contribution in [-0.2, 0) is 10.0 Å². The summed E-state index contributed by atoms with van der Waals surface area (Å²) in [4.78, 5) is 12.5. The molecule has 9 heteroatoms. The van der Waals surface area contributed by atoms with Gasteiger partial charge >= 0.3 is 6.03 Å². The molecule has 0 unspecified atom stereocenters. The maximum atomic E-state index is 12.1. The minimum Gasteiger partial charge on any atom is -0.399 e. The third kappa shape index (κ3) is 4.62. The van der Waals surface area contributed by atoms with Gasteiger partial charge < -0.3 is 16.0 Å². The van der Waals surface area contributed by atoms with Crippen LogP contribution in [0.15, 0.2) is 23.1 Å². The van der Waals surface area contributed by atoms with Crippen LogP contribution in [0.4, 0.5) is 10.5 Å². The van der Waals surface area contributed by atoms with Gasteiger partial charge in [-0.2, -0.15) is 5.26 Å². The molecular formula is C12H17N5O3S. The van der Waals surface area contributed by atoms with Crippen LogP contribution >= 0.6 is 0 Å². The Morgan fingerprint density at radius 3 is 2.62 bits per heavy atom. The number of nitrogens with zero attached hydrogens (tertiary/aromatic N) is 2. The number of urea groups is 1. The van der Waals surface area contributed by atoms with Gasteiger partial charge in [0.2, 0.25) is 10.0 Å². The molecule has 0 aromatic heterocycles. The van der Waals surface area contributed by atoms with Gasteiger partial charge in [-0.1, -0.05) is 0 Å². The van der Waals surface area contributed by atoms with E-state index in [2.05, 4.69) is 10.0 Å². The summed E-state index contributed by atoms with van der Waals surface area (Å²) in [5.41, 5.74) is 5.79. The van der Waals surface area contributed by atoms with Crippen molar-refractivity contribution in [2.45, 2.75) is 4.90 Å². The number of nitrogens with one attached hydrogen (secondary N) is 2. The molecule has 1 rings (SSSR count). The fraction of sp³-hybridized carbons (Fsp3) is 0.333. The lowest BCUT2D eigenvalue weighted by molar-refractivity contribution is 0.217. The quantitative estimate of drug-likeness (QED) is 0.507. The van der Waals surface area contributed by atoms with Crippen LogP contribution in [0.2, 0.25) is 0 Å². The molecule has 21 heavy (non-hydrogen) atoms. The zero-order valence-electron chi connectivity index (χ0n) is 11.8. The van der Waals surface area contributed by atoms with Gasteiger partial charge in [0.05, 0.1) is 10.5 Å². The largest absolute Gasteiger partial charge is 0.399 e. The van der Waals surface area contributed by atoms with Gasteiger partial charge in [0.25, 0.3) is 0 Å². The highest BCUT2D eigenvalue weighted by atomic mass is 32.2. The van der Waals surface area contributed by atoms with Crippen molar-refractivity contribution in [3.63, 3.8) is 0 Å². The number of rotatable bonds is 5. The number of benzene rings is 1. The fourth-order valence-electron chi connectivity index (χ4n) is 1.46. The molecule has 0 saturated carbocycles. The number of hydrogen-bond acceptors (Lipinski definition) is 5. The SMILES string of the molecule is CN(C)C(=O)NCCNS(=O)(=O)c1ccc(N)cc1C#N. The summed E-state index contributed by atoms with van der Waals surface area (Å²) in [6.45, 7) is 0.143. The zero-order valence-corrected chi connectivity index (χ0v) is 12.6. The lowest BCUT2D eigenvalue weighted by atomic mass is 10.2. The smallest absolute Gasteiger partial charge is 0.316 e. The van der Waals surface area contributed by atoms with Crippen molar-refractivity contribution in [2.24, 2.45) is 0 Å². The number of anilines is 1. The number of hydrogen-bond donors (Lipinski definition) is 3. The third-order valence-corrected chi connectivity index (χ3v) is 4.03. The van der Waals surface area contributed by atoms with Gasteiger partial charge in [-0.15, -0.1) is 0 Å². The van der Waals surface area contributed by atoms with Crippen molar-refractivity contribution in [3.8, 4) is 6.07 Å². The number of nitrogens with two attached hydrogens (primary N) is 1. The van der Waals surface area contributed by atoms with Crippen LogP contribution in [0.5, 0.6) is 0 Å². The minimum absolute atomic E-state index is 0.0111. The van der Waals surface area contributed by atoms with Crippen LogP contribution in [0, 0.1) is 11.3 Å². The molecule has 0 bridgehead atoms. The predicted molar refractivity (Wildman–Crippen MR) is 77.8 cm³/mol. The average molecular weight is 311 g/mol. The lowest BCUT2D eigenvalue weighted by Gasteiger charge is -2.12. The zero-order chi connectivity index (χ0) is 16.0. The average Bonchev–Trinajstić information content (AvgIpc) is 2.42. The standard InChI is InChI=1S/C12H17N5O3S/c1-17(2)12(18)15-5-6-16-21(19,20)11-4-3-10(14)7-9(11)8-13/h3-4,7,16H,5-6,14H2,1-2H3,(H,15,18). The second kappa shape index (κ2) is 6.92. The molecule has 0 aliphatic rings. The van der Waals surface area contributed by atoms with Crippen molar-refractivity contribution in [2.75, 3.05) is 32.9 Å². The Morgan fingerprint density at radius 2 is 2.05 bits per heavy atom. The number of sulfonamides is 1. The Bertz CT molecular complexity index is 664. The summed E-state index contributed by atoms with van der Waals surface area (Å²) < 4.78 is 26.5. The minimum atomic E-state index is -3.83. The van der Waals surface area contributed by atoms with E-state index in [0.717, 1.165) is 0 Å². The summed E-state index contributed by atoms with van der Waals surface area (Å²) in [5, 5.41) is 11.5. The van der Waals surface area contributed by atoms with E-state index >= 15 is 0 Å². The van der Waals surface area contributed by atoms with Crippen LogP contribution in [0.1, 0.15) is 5.56 Å². The van der Waals surface area contributed by atoms with E-state index < -0.39 is 10.0 Å². The molecule has 0 radical (unpaired) electrons. The first kappa shape index (κ1) is 16.7. The van der Waals surface area contributed by atoms with Gasteiger partial charge in [-0.25, -0.2) is 17.9 Å². The number of carbonyl (C=O) groups excluding carboxylic acids is 1. The van der Waals surface area contributed by atoms with E-state index in [-0.39, 0.29) is 29.6 Å². The van der Waals surface area contributed by atoms with Gasteiger partial charge in [-0.3, -0.25) is 0 Å². The fourth-order valence-corrected chi connectivity index (χ4v) is 2.63. The van der Waals surface area contributed by atoms with Crippen LogP contribution < -0.4 is 15.8 Å². The molecule has 0 spiro atoms. The van der Waals surface area contributed by atoms with Gasteiger partial charge in [-0.05, 0) is 18.2 Å². The second-order valence-electron chi connectivity index (χ2n) is 4.39. The van der Waals surface area contributed by atoms with Crippen molar-refractivity contribution >= 4 is 21.7 Å². The Kier molecular flexibility index (Phi) is 5.52. The van der Waals surface area contributed by atoms with Crippen LogP contribution in [0.25, 0.3) is 0 Å². The molecule has 0 aliphatic heterocycles. The maximum Gasteiger partial charge on any atom is 0.316 e. The Labute approximate surface area is 123 Å². The van der Waals surface area contributed by atoms with E-state index in [1.54, 1.807) is 20.2 Å². The second-order valence-corrected chi connectivity index (χ2v) is 6.13. The molecule has 8 nitrogen and oxygen atoms in total. The normalized spacial score (nSPS) is 10.7. The van der Waals surface area contributed by atoms with Crippen molar-refractivity contribution in [3.05, 3.63) is 23.8 Å². The summed E-state index contributed by atoms with van der Waals surface area (Å²) in [6.07, 6.45) is 0. The topological polar surface area (TPSA) is 128 Å². The van der Waals surface area contributed by atoms with Crippen molar-refractivity contribution < 1.29 is 13.2 Å². The number of carbonyl (C=O) groups is 1. The molecule has 0 saturated heterocycles. The summed E-state index contributed by atoms with van der Waals surface area (Å²) in [5.74, 6) is 0. The Balaban J connectivity index is 2.71. The Hall–Kier alpha value is -2.31. The number of nitrogen functional groups attached to an aromatic ring is 1. The highest BCUT2D eigenvalue weighted by molar-refractivity contribution is 7.89. The van der Waals surface area contributed by atoms with E-state index in [9.17, 15) is 13.2 Å². The van der Waals surface area contributed by atoms with Crippen LogP contribution in [0.3, 0.4) is 0 Å². The molecule has 1 aromatic rings. The first-order valence-electron chi connectivity index (χ1n) is 6.02. The highest BCUT2D eigenvalue weighted by Gasteiger charge is 2.18. The molecule has 0 aliphatic carbocycles. The molecule has 114 valence electrons. The summed E-state index contributed by atoms with van der Waals surface area (Å²) >= 11 is 0. The monoisotopic (exact) mass is 311 g/mol. The molecular weight excluding hydrogens is 294 g/mol. The van der Waals surface area contributed by atoms with Crippen molar-refractivity contribution in [1.82, 2.24) is 14.9 Å². The van der Waals surface area contributed by atoms with E-state index in [1.165, 1.54) is 23.1 Å². The first-order valence-corrected chi connectivity index (χ1v) is 7.50. The highest BCUT2D eigenvalue weighted by Crippen LogP contribution is 2.17. The third-order valence-electron chi connectivity index (χ3n) is 2.51. The van der Waals surface area contributed by atoms with E-state index in [0.29, 0.717) is 5.69 Å². The maximum absolute atomic E-state index is 12.1. The van der Waals surface area contributed by atoms with Crippen molar-refractivity contribution in [1.29, 1.82) is 5.26 Å². The molecule has 0 heterocycles. The van der Waals surface area contributed by atoms with Crippen LogP contribution in [-0.4, -0.2) is 46.5 Å². The molecule has 1 aromatic carbocycles. The molecule has 4 N–H and O–H groups in total. The van der Waals surface area contributed by atoms with Gasteiger partial charge in [0, 0.05) is 32.9 Å². The first-order chi connectivity index (χ1) is 9.77. The Morgan fingerprint density at radius 1 is 1.38 bits per heavy atom. The number of nitriles is 1. The lowest BCUT2D eigenvalue weighted by Crippen LogP contribution is -2.39. The predicted octanol–water partition coefficient (Wildman–Crippen LogP) is -0.310. The summed E-state index contributed by atoms with van der Waals surface area (Å²) in [7, 11) is -0.678.